The third kappa shape index (κ3) is 3.50. The minimum atomic E-state index is -1.88. The number of para-hydroxylation sites is 2. The van der Waals surface area contributed by atoms with Crippen LogP contribution in [-0.4, -0.2) is 48.1 Å². The number of hydrogen-bond donors (Lipinski definition) is 1. The Kier molecular flexibility index (Phi) is 5.62. The molecule has 2 aromatic rings. The maximum absolute atomic E-state index is 13.5. The Morgan fingerprint density at radius 2 is 1.90 bits per heavy atom. The number of ether oxygens (including phenoxy) is 1. The van der Waals surface area contributed by atoms with Gasteiger partial charge in [-0.2, -0.15) is 0 Å². The molecule has 0 radical (unpaired) electrons. The van der Waals surface area contributed by atoms with Crippen molar-refractivity contribution in [2.75, 3.05) is 25.2 Å². The van der Waals surface area contributed by atoms with Crippen molar-refractivity contribution >= 4 is 17.4 Å². The number of rotatable bonds is 6. The van der Waals surface area contributed by atoms with Crippen LogP contribution < -0.4 is 9.64 Å². The van der Waals surface area contributed by atoms with Crippen molar-refractivity contribution in [1.82, 2.24) is 4.90 Å². The highest BCUT2D eigenvalue weighted by Crippen LogP contribution is 2.43. The van der Waals surface area contributed by atoms with Gasteiger partial charge in [0, 0.05) is 18.2 Å². The number of carbonyl (C=O) groups is 2. The lowest BCUT2D eigenvalue weighted by atomic mass is 9.88. The fourth-order valence-corrected chi connectivity index (χ4v) is 4.57. The van der Waals surface area contributed by atoms with Gasteiger partial charge in [-0.1, -0.05) is 36.8 Å². The minimum Gasteiger partial charge on any atom is -0.496 e. The third-order valence-corrected chi connectivity index (χ3v) is 6.33. The Labute approximate surface area is 177 Å². The van der Waals surface area contributed by atoms with Crippen molar-refractivity contribution in [3.05, 3.63) is 59.7 Å². The van der Waals surface area contributed by atoms with Crippen LogP contribution in [0, 0.1) is 0 Å². The van der Waals surface area contributed by atoms with Crippen LogP contribution in [0.5, 0.6) is 5.75 Å². The molecular weight excluding hydrogens is 380 g/mol. The quantitative estimate of drug-likeness (QED) is 0.743. The van der Waals surface area contributed by atoms with Crippen LogP contribution in [0.25, 0.3) is 0 Å². The van der Waals surface area contributed by atoms with E-state index in [2.05, 4.69) is 11.8 Å². The van der Waals surface area contributed by atoms with Gasteiger partial charge >= 0.3 is 0 Å². The summed E-state index contributed by atoms with van der Waals surface area (Å²) in [5, 5.41) is 11.5. The van der Waals surface area contributed by atoms with Crippen molar-refractivity contribution in [2.24, 2.45) is 0 Å². The van der Waals surface area contributed by atoms with Crippen molar-refractivity contribution in [2.45, 2.75) is 44.2 Å². The zero-order valence-electron chi connectivity index (χ0n) is 17.5. The molecule has 0 bridgehead atoms. The third-order valence-electron chi connectivity index (χ3n) is 6.33. The molecule has 6 nitrogen and oxygen atoms in total. The molecule has 0 spiro atoms. The van der Waals surface area contributed by atoms with Gasteiger partial charge in [0.1, 0.15) is 5.75 Å². The summed E-state index contributed by atoms with van der Waals surface area (Å²) in [7, 11) is 1.50. The molecule has 158 valence electrons. The van der Waals surface area contributed by atoms with Gasteiger partial charge in [-0.15, -0.1) is 0 Å². The average Bonchev–Trinajstić information content (AvgIpc) is 2.97. The van der Waals surface area contributed by atoms with E-state index in [0.717, 1.165) is 19.4 Å². The first-order valence-electron chi connectivity index (χ1n) is 10.5. The number of benzene rings is 2. The van der Waals surface area contributed by atoms with E-state index >= 15 is 0 Å². The van der Waals surface area contributed by atoms with Gasteiger partial charge in [-0.3, -0.25) is 19.4 Å². The lowest BCUT2D eigenvalue weighted by Crippen LogP contribution is -2.49. The molecule has 2 atom stereocenters. The summed E-state index contributed by atoms with van der Waals surface area (Å²) in [6, 6.07) is 14.5. The Hall–Kier alpha value is -2.70. The first-order chi connectivity index (χ1) is 14.5. The van der Waals surface area contributed by atoms with E-state index < -0.39 is 11.5 Å². The van der Waals surface area contributed by atoms with Crippen molar-refractivity contribution < 1.29 is 19.4 Å². The molecule has 1 fully saturated rings. The number of fused-ring (bicyclic) bond motifs is 1. The number of nitrogens with zero attached hydrogens (tertiary/aromatic N) is 2. The summed E-state index contributed by atoms with van der Waals surface area (Å²) in [4.78, 5) is 30.4. The van der Waals surface area contributed by atoms with Gasteiger partial charge in [-0.25, -0.2) is 0 Å². The molecule has 4 rings (SSSR count). The molecule has 2 aliphatic heterocycles. The van der Waals surface area contributed by atoms with Gasteiger partial charge in [0.05, 0.1) is 31.5 Å². The van der Waals surface area contributed by atoms with Crippen molar-refractivity contribution in [1.29, 1.82) is 0 Å². The van der Waals surface area contributed by atoms with E-state index in [1.165, 1.54) is 13.5 Å². The van der Waals surface area contributed by atoms with E-state index in [1.54, 1.807) is 41.3 Å². The second-order valence-corrected chi connectivity index (χ2v) is 8.21. The highest BCUT2D eigenvalue weighted by atomic mass is 16.5. The minimum absolute atomic E-state index is 0.324. The summed E-state index contributed by atoms with van der Waals surface area (Å²) in [6.07, 6.45) is 3.07. The maximum Gasteiger partial charge on any atom is 0.265 e. The SMILES string of the molecule is COc1ccccc1C(=O)CC1(O)C(=O)N(CN2CCCCC2C)c2ccccc21. The summed E-state index contributed by atoms with van der Waals surface area (Å²) in [5.74, 6) is -0.333. The normalized spacial score (nSPS) is 24.0. The summed E-state index contributed by atoms with van der Waals surface area (Å²) >= 11 is 0. The topological polar surface area (TPSA) is 70.1 Å². The number of piperidine rings is 1. The first kappa shape index (κ1) is 20.6. The number of aliphatic hydroxyl groups is 1. The Morgan fingerprint density at radius 1 is 1.17 bits per heavy atom. The van der Waals surface area contributed by atoms with Crippen LogP contribution >= 0.6 is 0 Å². The monoisotopic (exact) mass is 408 g/mol. The second-order valence-electron chi connectivity index (χ2n) is 8.21. The van der Waals surface area contributed by atoms with Crippen LogP contribution in [0.1, 0.15) is 48.5 Å². The van der Waals surface area contributed by atoms with Crippen LogP contribution in [0.3, 0.4) is 0 Å². The fourth-order valence-electron chi connectivity index (χ4n) is 4.57. The zero-order chi connectivity index (χ0) is 21.3. The van der Waals surface area contributed by atoms with E-state index in [1.807, 2.05) is 12.1 Å². The number of ketones is 1. The van der Waals surface area contributed by atoms with E-state index in [0.29, 0.717) is 35.3 Å². The van der Waals surface area contributed by atoms with Gasteiger partial charge in [-0.05, 0) is 38.0 Å². The smallest absolute Gasteiger partial charge is 0.265 e. The van der Waals surface area contributed by atoms with Crippen molar-refractivity contribution in [3.8, 4) is 5.75 Å². The molecule has 2 aromatic carbocycles. The number of carbonyl (C=O) groups excluding carboxylic acids is 2. The van der Waals surface area contributed by atoms with E-state index in [9.17, 15) is 14.7 Å². The van der Waals surface area contributed by atoms with Crippen molar-refractivity contribution in [3.63, 3.8) is 0 Å². The predicted octanol–water partition coefficient (Wildman–Crippen LogP) is 3.33. The number of likely N-dealkylation sites (tertiary alicyclic amines) is 1. The maximum atomic E-state index is 13.5. The highest BCUT2D eigenvalue weighted by Gasteiger charge is 2.51. The zero-order valence-corrected chi connectivity index (χ0v) is 17.5. The van der Waals surface area contributed by atoms with Gasteiger partial charge < -0.3 is 9.84 Å². The van der Waals surface area contributed by atoms with Crippen LogP contribution in [0.15, 0.2) is 48.5 Å². The first-order valence-corrected chi connectivity index (χ1v) is 10.5. The molecule has 6 heteroatoms. The molecule has 1 saturated heterocycles. The molecule has 1 N–H and O–H groups in total. The van der Waals surface area contributed by atoms with Crippen LogP contribution in [0.2, 0.25) is 0 Å². The van der Waals surface area contributed by atoms with Crippen LogP contribution in [0.4, 0.5) is 5.69 Å². The standard InChI is InChI=1S/C24H28N2O4/c1-17-9-7-8-14-25(17)16-26-20-12-5-4-11-19(20)24(29,23(26)28)15-21(27)18-10-3-6-13-22(18)30-2/h3-6,10-13,17,29H,7-9,14-16H2,1-2H3. The van der Waals surface area contributed by atoms with Gasteiger partial charge in [0.15, 0.2) is 11.4 Å². The number of hydrogen-bond acceptors (Lipinski definition) is 5. The summed E-state index contributed by atoms with van der Waals surface area (Å²) in [5.41, 5.74) is -0.353. The number of anilines is 1. The molecule has 30 heavy (non-hydrogen) atoms. The molecule has 1 amide bonds. The Balaban J connectivity index is 1.64. The molecular formula is C24H28N2O4. The molecule has 2 aliphatic rings. The highest BCUT2D eigenvalue weighted by molar-refractivity contribution is 6.11. The van der Waals surface area contributed by atoms with Crippen LogP contribution in [-0.2, 0) is 10.4 Å². The fraction of sp³-hybridized carbons (Fsp3) is 0.417. The van der Waals surface area contributed by atoms with Gasteiger partial charge in [0.2, 0.25) is 0 Å². The van der Waals surface area contributed by atoms with E-state index in [-0.39, 0.29) is 12.2 Å². The number of amides is 1. The lowest BCUT2D eigenvalue weighted by molar-refractivity contribution is -0.136. The number of methoxy groups -OCH3 is 1. The second kappa shape index (κ2) is 8.20. The van der Waals surface area contributed by atoms with Gasteiger partial charge in [0.25, 0.3) is 5.91 Å². The molecule has 0 saturated carbocycles. The molecule has 0 aromatic heterocycles. The number of Topliss-reactive ketones (excluding diaryl/α,β-unsaturated/α-hetero) is 1. The molecule has 2 unspecified atom stereocenters. The molecule has 2 heterocycles. The Morgan fingerprint density at radius 3 is 2.67 bits per heavy atom. The summed E-state index contributed by atoms with van der Waals surface area (Å²) in [6.45, 7) is 3.51. The van der Waals surface area contributed by atoms with E-state index in [4.69, 9.17) is 4.74 Å². The Bertz CT molecular complexity index is 960. The average molecular weight is 408 g/mol. The predicted molar refractivity (Wildman–Crippen MR) is 115 cm³/mol. The lowest BCUT2D eigenvalue weighted by Gasteiger charge is -2.36. The largest absolute Gasteiger partial charge is 0.496 e. The summed E-state index contributed by atoms with van der Waals surface area (Å²) < 4.78 is 5.29. The molecule has 0 aliphatic carbocycles.